The highest BCUT2D eigenvalue weighted by atomic mass is 16.5. The minimum absolute atomic E-state index is 0.0344. The van der Waals surface area contributed by atoms with Crippen molar-refractivity contribution >= 4 is 10.9 Å². The van der Waals surface area contributed by atoms with E-state index in [9.17, 15) is 0 Å². The van der Waals surface area contributed by atoms with Gasteiger partial charge in [-0.2, -0.15) is 0 Å². The van der Waals surface area contributed by atoms with E-state index < -0.39 is 0 Å². The fourth-order valence-corrected chi connectivity index (χ4v) is 1.78. The van der Waals surface area contributed by atoms with Crippen LogP contribution in [0.25, 0.3) is 10.9 Å². The first kappa shape index (κ1) is 11.1. The van der Waals surface area contributed by atoms with Crippen LogP contribution < -0.4 is 5.73 Å². The Labute approximate surface area is 95.6 Å². The van der Waals surface area contributed by atoms with E-state index >= 15 is 0 Å². The summed E-state index contributed by atoms with van der Waals surface area (Å²) in [6.07, 6.45) is 0. The molecule has 86 valence electrons. The number of benzene rings is 1. The quantitative estimate of drug-likeness (QED) is 0.800. The molecular formula is C13H18N2O. The Morgan fingerprint density at radius 1 is 1.31 bits per heavy atom. The van der Waals surface area contributed by atoms with Crippen molar-refractivity contribution in [2.45, 2.75) is 39.2 Å². The van der Waals surface area contributed by atoms with Crippen LogP contribution in [0.2, 0.25) is 0 Å². The second-order valence-corrected chi connectivity index (χ2v) is 5.33. The maximum absolute atomic E-state index is 5.88. The Kier molecular flexibility index (Phi) is 2.50. The van der Waals surface area contributed by atoms with Crippen LogP contribution in [0.4, 0.5) is 0 Å². The molecule has 2 rings (SSSR count). The summed E-state index contributed by atoms with van der Waals surface area (Å²) in [5.74, 6) is 0.921. The van der Waals surface area contributed by atoms with Gasteiger partial charge in [0, 0.05) is 16.8 Å². The highest BCUT2D eigenvalue weighted by Crippen LogP contribution is 2.31. The van der Waals surface area contributed by atoms with E-state index in [0.717, 1.165) is 22.2 Å². The molecule has 3 nitrogen and oxygen atoms in total. The summed E-state index contributed by atoms with van der Waals surface area (Å²) in [6, 6.07) is 6.08. The van der Waals surface area contributed by atoms with Gasteiger partial charge < -0.3 is 10.3 Å². The molecule has 0 aliphatic carbocycles. The first-order valence-corrected chi connectivity index (χ1v) is 5.55. The summed E-state index contributed by atoms with van der Waals surface area (Å²) in [4.78, 5) is 0. The molecule has 1 aromatic carbocycles. The lowest BCUT2D eigenvalue weighted by Gasteiger charge is -2.14. The fraction of sp³-hybridized carbons (Fsp3) is 0.462. The Bertz CT molecular complexity index is 506. The molecule has 1 unspecified atom stereocenters. The van der Waals surface area contributed by atoms with Crippen molar-refractivity contribution in [3.05, 3.63) is 29.5 Å². The van der Waals surface area contributed by atoms with Crippen molar-refractivity contribution in [2.24, 2.45) is 5.73 Å². The van der Waals surface area contributed by atoms with E-state index in [-0.39, 0.29) is 11.5 Å². The minimum atomic E-state index is -0.0365. The molecule has 1 heterocycles. The predicted molar refractivity (Wildman–Crippen MR) is 65.3 cm³/mol. The molecule has 0 saturated carbocycles. The van der Waals surface area contributed by atoms with Gasteiger partial charge in [-0.1, -0.05) is 32.0 Å². The van der Waals surface area contributed by atoms with Crippen LogP contribution in [0.3, 0.4) is 0 Å². The van der Waals surface area contributed by atoms with E-state index in [1.807, 2.05) is 19.1 Å². The number of fused-ring (bicyclic) bond motifs is 1. The SMILES string of the molecule is CC(N)c1ccc2noc(C(C)(C)C)c2c1. The van der Waals surface area contributed by atoms with Crippen LogP contribution in [0.5, 0.6) is 0 Å². The lowest BCUT2D eigenvalue weighted by molar-refractivity contribution is 0.336. The van der Waals surface area contributed by atoms with Gasteiger partial charge in [-0.15, -0.1) is 0 Å². The standard InChI is InChI=1S/C13H18N2O/c1-8(14)9-5-6-11-10(7-9)12(16-15-11)13(2,3)4/h5-8H,14H2,1-4H3. The summed E-state index contributed by atoms with van der Waals surface area (Å²) in [7, 11) is 0. The Morgan fingerprint density at radius 3 is 2.56 bits per heavy atom. The van der Waals surface area contributed by atoms with Gasteiger partial charge in [-0.25, -0.2) is 0 Å². The van der Waals surface area contributed by atoms with Gasteiger partial charge >= 0.3 is 0 Å². The molecule has 1 aromatic heterocycles. The number of hydrogen-bond donors (Lipinski definition) is 1. The molecule has 16 heavy (non-hydrogen) atoms. The Morgan fingerprint density at radius 2 is 2.00 bits per heavy atom. The van der Waals surface area contributed by atoms with Crippen molar-refractivity contribution in [1.29, 1.82) is 0 Å². The molecule has 2 aromatic rings. The molecule has 0 aliphatic heterocycles. The van der Waals surface area contributed by atoms with Crippen LogP contribution in [0.15, 0.2) is 22.7 Å². The van der Waals surface area contributed by atoms with Crippen LogP contribution in [-0.4, -0.2) is 5.16 Å². The zero-order chi connectivity index (χ0) is 11.9. The van der Waals surface area contributed by atoms with Crippen LogP contribution in [-0.2, 0) is 5.41 Å². The normalized spacial score (nSPS) is 14.3. The third-order valence-electron chi connectivity index (χ3n) is 2.71. The predicted octanol–water partition coefficient (Wildman–Crippen LogP) is 3.15. The largest absolute Gasteiger partial charge is 0.360 e. The molecule has 3 heteroatoms. The van der Waals surface area contributed by atoms with Gasteiger partial charge in [-0.3, -0.25) is 0 Å². The highest BCUT2D eigenvalue weighted by Gasteiger charge is 2.22. The average molecular weight is 218 g/mol. The van der Waals surface area contributed by atoms with E-state index in [2.05, 4.69) is 32.0 Å². The summed E-state index contributed by atoms with van der Waals surface area (Å²) >= 11 is 0. The Balaban J connectivity index is 2.65. The molecule has 2 N–H and O–H groups in total. The smallest absolute Gasteiger partial charge is 0.149 e. The monoisotopic (exact) mass is 218 g/mol. The lowest BCUT2D eigenvalue weighted by Crippen LogP contribution is -2.10. The molecule has 1 atom stereocenters. The first-order chi connectivity index (χ1) is 7.39. The average Bonchev–Trinajstić information content (AvgIpc) is 2.58. The van der Waals surface area contributed by atoms with E-state index in [1.54, 1.807) is 0 Å². The van der Waals surface area contributed by atoms with Crippen molar-refractivity contribution in [3.63, 3.8) is 0 Å². The number of nitrogens with two attached hydrogens (primary N) is 1. The topological polar surface area (TPSA) is 52.0 Å². The third-order valence-corrected chi connectivity index (χ3v) is 2.71. The second kappa shape index (κ2) is 3.59. The van der Waals surface area contributed by atoms with Gasteiger partial charge in [0.1, 0.15) is 11.3 Å². The van der Waals surface area contributed by atoms with Gasteiger partial charge in [0.05, 0.1) is 0 Å². The number of hydrogen-bond acceptors (Lipinski definition) is 3. The van der Waals surface area contributed by atoms with Gasteiger partial charge in [0.2, 0.25) is 0 Å². The van der Waals surface area contributed by atoms with Gasteiger partial charge in [-0.05, 0) is 24.6 Å². The molecule has 0 amide bonds. The Hall–Kier alpha value is -1.35. The molecule has 0 fully saturated rings. The number of aromatic nitrogens is 1. The minimum Gasteiger partial charge on any atom is -0.360 e. The molecule has 0 spiro atoms. The first-order valence-electron chi connectivity index (χ1n) is 5.55. The fourth-order valence-electron chi connectivity index (χ4n) is 1.78. The molecular weight excluding hydrogens is 200 g/mol. The molecule has 0 bridgehead atoms. The third kappa shape index (κ3) is 1.83. The van der Waals surface area contributed by atoms with Crippen molar-refractivity contribution in [2.75, 3.05) is 0 Å². The highest BCUT2D eigenvalue weighted by molar-refractivity contribution is 5.82. The van der Waals surface area contributed by atoms with E-state index in [4.69, 9.17) is 10.3 Å². The van der Waals surface area contributed by atoms with Gasteiger partial charge in [0.15, 0.2) is 0 Å². The van der Waals surface area contributed by atoms with Gasteiger partial charge in [0.25, 0.3) is 0 Å². The maximum atomic E-state index is 5.88. The molecule has 0 aliphatic rings. The summed E-state index contributed by atoms with van der Waals surface area (Å²) < 4.78 is 5.42. The maximum Gasteiger partial charge on any atom is 0.149 e. The number of nitrogens with zero attached hydrogens (tertiary/aromatic N) is 1. The van der Waals surface area contributed by atoms with E-state index in [1.165, 1.54) is 0 Å². The van der Waals surface area contributed by atoms with Crippen LogP contribution in [0.1, 0.15) is 45.1 Å². The zero-order valence-corrected chi connectivity index (χ0v) is 10.2. The summed E-state index contributed by atoms with van der Waals surface area (Å²) in [5, 5.41) is 5.14. The number of rotatable bonds is 1. The zero-order valence-electron chi connectivity index (χ0n) is 10.2. The summed E-state index contributed by atoms with van der Waals surface area (Å²) in [5.41, 5.74) is 7.85. The summed E-state index contributed by atoms with van der Waals surface area (Å²) in [6.45, 7) is 8.33. The van der Waals surface area contributed by atoms with Crippen molar-refractivity contribution in [3.8, 4) is 0 Å². The van der Waals surface area contributed by atoms with Crippen molar-refractivity contribution < 1.29 is 4.52 Å². The van der Waals surface area contributed by atoms with E-state index in [0.29, 0.717) is 0 Å². The second-order valence-electron chi connectivity index (χ2n) is 5.33. The van der Waals surface area contributed by atoms with Crippen LogP contribution >= 0.6 is 0 Å². The van der Waals surface area contributed by atoms with Crippen LogP contribution in [0, 0.1) is 0 Å². The molecule has 0 radical (unpaired) electrons. The van der Waals surface area contributed by atoms with Crippen molar-refractivity contribution in [1.82, 2.24) is 5.16 Å². The molecule has 0 saturated heterocycles. The lowest BCUT2D eigenvalue weighted by atomic mass is 9.90.